The van der Waals surface area contributed by atoms with Gasteiger partial charge in [0.05, 0.1) is 17.7 Å². The number of pyridine rings is 1. The Kier molecular flexibility index (Phi) is 8.98. The highest BCUT2D eigenvalue weighted by atomic mass is 35.5. The Balaban J connectivity index is 0.00000363. The first kappa shape index (κ1) is 25.5. The van der Waals surface area contributed by atoms with Gasteiger partial charge >= 0.3 is 6.18 Å². The van der Waals surface area contributed by atoms with Crippen LogP contribution in [0.4, 0.5) is 19.0 Å². The molecule has 0 atom stereocenters. The first-order chi connectivity index (χ1) is 14.8. The Labute approximate surface area is 190 Å². The average Bonchev–Trinajstić information content (AvgIpc) is 2.72. The van der Waals surface area contributed by atoms with Crippen molar-refractivity contribution in [3.05, 3.63) is 69.4 Å². The number of nitrogens with one attached hydrogen (secondary N) is 3. The number of H-pyrrole nitrogens is 1. The minimum absolute atomic E-state index is 0. The van der Waals surface area contributed by atoms with Crippen molar-refractivity contribution < 1.29 is 17.9 Å². The molecule has 1 aromatic heterocycles. The molecule has 0 bridgehead atoms. The van der Waals surface area contributed by atoms with Crippen LogP contribution in [0, 0.1) is 6.92 Å². The molecule has 1 heterocycles. The molecular weight excluding hydrogens is 443 g/mol. The van der Waals surface area contributed by atoms with Crippen LogP contribution in [-0.2, 0) is 12.7 Å². The predicted octanol–water partition coefficient (Wildman–Crippen LogP) is 5.27. The summed E-state index contributed by atoms with van der Waals surface area (Å²) in [6, 6.07) is 11.1. The highest BCUT2D eigenvalue weighted by Gasteiger charge is 2.32. The average molecular weight is 470 g/mol. The Hall–Kier alpha value is -2.71. The molecule has 174 valence electrons. The number of aromatic amines is 1. The number of ether oxygens (including phenoxy) is 1. The number of aromatic nitrogens is 1. The second-order valence-electron chi connectivity index (χ2n) is 7.26. The van der Waals surface area contributed by atoms with Crippen LogP contribution < -0.4 is 20.8 Å². The monoisotopic (exact) mass is 469 g/mol. The quantitative estimate of drug-likeness (QED) is 0.374. The molecule has 0 amide bonds. The molecule has 3 N–H and O–H groups in total. The molecule has 0 unspecified atom stereocenters. The maximum Gasteiger partial charge on any atom is 0.416 e. The summed E-state index contributed by atoms with van der Waals surface area (Å²) in [6.07, 6.45) is -3.68. The topological polar surface area (TPSA) is 66.2 Å². The number of hydrogen-bond acceptors (Lipinski definition) is 4. The first-order valence-corrected chi connectivity index (χ1v) is 10.2. The number of benzene rings is 2. The van der Waals surface area contributed by atoms with Crippen LogP contribution in [0.5, 0.6) is 5.75 Å². The van der Waals surface area contributed by atoms with E-state index in [2.05, 4.69) is 15.6 Å². The molecule has 0 aliphatic rings. The van der Waals surface area contributed by atoms with Crippen LogP contribution in [0.1, 0.15) is 30.0 Å². The number of para-hydroxylation sites is 1. The standard InChI is InChI=1S/C23H26F3N3O2.ClH/c1-3-31-22-15(2)11-17(23(24,25)26)12-16(22)14-27-9-6-10-28-21-13-20(30)18-7-4-5-8-19(18)29-21;/h4-5,7-8,11-13,27H,3,6,9-10,14H2,1-2H3,(H2,28,29,30);1H. The molecule has 2 aromatic carbocycles. The molecule has 0 saturated carbocycles. The van der Waals surface area contributed by atoms with Crippen molar-refractivity contribution in [3.8, 4) is 5.75 Å². The first-order valence-electron chi connectivity index (χ1n) is 10.2. The zero-order valence-corrected chi connectivity index (χ0v) is 18.8. The van der Waals surface area contributed by atoms with Crippen LogP contribution in [0.2, 0.25) is 0 Å². The van der Waals surface area contributed by atoms with E-state index in [1.165, 1.54) is 6.07 Å². The third-order valence-electron chi connectivity index (χ3n) is 4.87. The fourth-order valence-corrected chi connectivity index (χ4v) is 3.44. The van der Waals surface area contributed by atoms with E-state index >= 15 is 0 Å². The molecule has 0 radical (unpaired) electrons. The Bertz CT molecular complexity index is 1100. The summed E-state index contributed by atoms with van der Waals surface area (Å²) in [4.78, 5) is 15.3. The van der Waals surface area contributed by atoms with Gasteiger partial charge in [-0.25, -0.2) is 0 Å². The Morgan fingerprint density at radius 2 is 1.84 bits per heavy atom. The van der Waals surface area contributed by atoms with E-state index in [-0.39, 0.29) is 24.4 Å². The van der Waals surface area contributed by atoms with Gasteiger partial charge in [-0.05, 0) is 56.6 Å². The van der Waals surface area contributed by atoms with Crippen molar-refractivity contribution in [1.82, 2.24) is 10.3 Å². The molecule has 9 heteroatoms. The number of aryl methyl sites for hydroxylation is 1. The molecule has 0 aliphatic heterocycles. The van der Waals surface area contributed by atoms with Crippen LogP contribution in [-0.4, -0.2) is 24.7 Å². The van der Waals surface area contributed by atoms with Crippen molar-refractivity contribution in [2.75, 3.05) is 25.0 Å². The van der Waals surface area contributed by atoms with Gasteiger partial charge in [-0.1, -0.05) is 12.1 Å². The lowest BCUT2D eigenvalue weighted by molar-refractivity contribution is -0.137. The van der Waals surface area contributed by atoms with E-state index in [0.29, 0.717) is 47.8 Å². The van der Waals surface area contributed by atoms with Crippen molar-refractivity contribution in [3.63, 3.8) is 0 Å². The summed E-state index contributed by atoms with van der Waals surface area (Å²) in [5, 5.41) is 6.99. The lowest BCUT2D eigenvalue weighted by atomic mass is 10.0. The molecule has 3 aromatic rings. The van der Waals surface area contributed by atoms with Gasteiger partial charge < -0.3 is 20.4 Å². The van der Waals surface area contributed by atoms with Crippen LogP contribution in [0.25, 0.3) is 10.9 Å². The predicted molar refractivity (Wildman–Crippen MR) is 124 cm³/mol. The fourth-order valence-electron chi connectivity index (χ4n) is 3.44. The van der Waals surface area contributed by atoms with Gasteiger partial charge in [-0.2, -0.15) is 13.2 Å². The van der Waals surface area contributed by atoms with Gasteiger partial charge in [0.2, 0.25) is 0 Å². The third kappa shape index (κ3) is 6.40. The summed E-state index contributed by atoms with van der Waals surface area (Å²) in [5.41, 5.74) is 0.987. The van der Waals surface area contributed by atoms with E-state index in [0.717, 1.165) is 24.1 Å². The van der Waals surface area contributed by atoms with Crippen LogP contribution >= 0.6 is 12.4 Å². The molecule has 0 aliphatic carbocycles. The Morgan fingerprint density at radius 1 is 1.09 bits per heavy atom. The van der Waals surface area contributed by atoms with Crippen molar-refractivity contribution in [2.45, 2.75) is 33.0 Å². The highest BCUT2D eigenvalue weighted by Crippen LogP contribution is 2.35. The molecule has 0 spiro atoms. The van der Waals surface area contributed by atoms with Gasteiger partial charge in [0.15, 0.2) is 5.43 Å². The molecule has 3 rings (SSSR count). The smallest absolute Gasteiger partial charge is 0.416 e. The van der Waals surface area contributed by atoms with E-state index in [9.17, 15) is 18.0 Å². The van der Waals surface area contributed by atoms with E-state index in [4.69, 9.17) is 4.74 Å². The molecule has 0 saturated heterocycles. The molecule has 32 heavy (non-hydrogen) atoms. The van der Waals surface area contributed by atoms with E-state index < -0.39 is 11.7 Å². The SMILES string of the molecule is CCOc1c(C)cc(C(F)(F)F)cc1CNCCCNc1cc(=O)c2ccccc2[nH]1.Cl. The largest absolute Gasteiger partial charge is 0.493 e. The number of anilines is 1. The molecular formula is C23H27ClF3N3O2. The number of alkyl halides is 3. The summed E-state index contributed by atoms with van der Waals surface area (Å²) in [5.74, 6) is 1.13. The molecule has 5 nitrogen and oxygen atoms in total. The minimum atomic E-state index is -4.40. The van der Waals surface area contributed by atoms with Crippen molar-refractivity contribution in [2.24, 2.45) is 0 Å². The zero-order chi connectivity index (χ0) is 22.4. The summed E-state index contributed by atoms with van der Waals surface area (Å²) >= 11 is 0. The van der Waals surface area contributed by atoms with Gasteiger partial charge in [0.25, 0.3) is 0 Å². The summed E-state index contributed by atoms with van der Waals surface area (Å²) < 4.78 is 45.0. The maximum absolute atomic E-state index is 13.1. The maximum atomic E-state index is 13.1. The van der Waals surface area contributed by atoms with Crippen LogP contribution in [0.15, 0.2) is 47.3 Å². The number of fused-ring (bicyclic) bond motifs is 1. The number of rotatable bonds is 9. The van der Waals surface area contributed by atoms with Gasteiger partial charge in [-0.3, -0.25) is 4.79 Å². The van der Waals surface area contributed by atoms with E-state index in [1.54, 1.807) is 19.9 Å². The lowest BCUT2D eigenvalue weighted by Crippen LogP contribution is -2.19. The normalized spacial score (nSPS) is 11.3. The highest BCUT2D eigenvalue weighted by molar-refractivity contribution is 5.85. The number of hydrogen-bond donors (Lipinski definition) is 3. The lowest BCUT2D eigenvalue weighted by Gasteiger charge is -2.17. The van der Waals surface area contributed by atoms with Gasteiger partial charge in [0.1, 0.15) is 11.6 Å². The van der Waals surface area contributed by atoms with Gasteiger partial charge in [-0.15, -0.1) is 12.4 Å². The second kappa shape index (κ2) is 11.2. The van der Waals surface area contributed by atoms with Crippen LogP contribution in [0.3, 0.4) is 0 Å². The second-order valence-corrected chi connectivity index (χ2v) is 7.26. The van der Waals surface area contributed by atoms with Crippen molar-refractivity contribution >= 4 is 29.1 Å². The fraction of sp³-hybridized carbons (Fsp3) is 0.348. The Morgan fingerprint density at radius 3 is 2.56 bits per heavy atom. The van der Waals surface area contributed by atoms with E-state index in [1.807, 2.05) is 18.2 Å². The number of halogens is 4. The molecule has 0 fully saturated rings. The van der Waals surface area contributed by atoms with Gasteiger partial charge in [0, 0.05) is 30.1 Å². The zero-order valence-electron chi connectivity index (χ0n) is 17.9. The summed E-state index contributed by atoms with van der Waals surface area (Å²) in [7, 11) is 0. The minimum Gasteiger partial charge on any atom is -0.493 e. The third-order valence-corrected chi connectivity index (χ3v) is 4.87. The van der Waals surface area contributed by atoms with Crippen molar-refractivity contribution in [1.29, 1.82) is 0 Å². The summed E-state index contributed by atoms with van der Waals surface area (Å²) in [6.45, 7) is 5.27.